The molecule has 0 unspecified atom stereocenters. The van der Waals surface area contributed by atoms with Gasteiger partial charge in [0, 0.05) is 28.6 Å². The Balaban J connectivity index is 2.67. The number of ether oxygens (including phenoxy) is 1. The van der Waals surface area contributed by atoms with Crippen molar-refractivity contribution in [3.63, 3.8) is 0 Å². The van der Waals surface area contributed by atoms with Gasteiger partial charge in [-0.1, -0.05) is 6.07 Å². The number of carbonyl (C=O) groups excluding carboxylic acids is 1. The van der Waals surface area contributed by atoms with E-state index < -0.39 is 5.97 Å². The predicted molar refractivity (Wildman–Crippen MR) is 74.4 cm³/mol. The summed E-state index contributed by atoms with van der Waals surface area (Å²) in [5, 5.41) is 9.24. The molecule has 0 aliphatic carbocycles. The third kappa shape index (κ3) is 2.54. The maximum Gasteiger partial charge on any atom is 0.336 e. The minimum absolute atomic E-state index is 0.0190. The van der Waals surface area contributed by atoms with Gasteiger partial charge in [0.2, 0.25) is 0 Å². The SMILES string of the molecule is Nc1ccc(-c2ccc(N)cc2C(=O)O)c(OC=O)c1. The molecule has 0 spiro atoms. The highest BCUT2D eigenvalue weighted by molar-refractivity contribution is 5.98. The van der Waals surface area contributed by atoms with Crippen molar-refractivity contribution in [3.8, 4) is 16.9 Å². The van der Waals surface area contributed by atoms with Gasteiger partial charge < -0.3 is 21.3 Å². The number of carbonyl (C=O) groups is 2. The van der Waals surface area contributed by atoms with Gasteiger partial charge in [-0.05, 0) is 24.3 Å². The van der Waals surface area contributed by atoms with Crippen molar-refractivity contribution in [2.75, 3.05) is 11.5 Å². The molecular formula is C14H12N2O4. The van der Waals surface area contributed by atoms with Crippen molar-refractivity contribution in [1.29, 1.82) is 0 Å². The van der Waals surface area contributed by atoms with Crippen LogP contribution in [-0.2, 0) is 4.79 Å². The van der Waals surface area contributed by atoms with E-state index in [0.29, 0.717) is 22.5 Å². The Bertz CT molecular complexity index is 683. The van der Waals surface area contributed by atoms with Gasteiger partial charge in [0.25, 0.3) is 6.47 Å². The zero-order valence-corrected chi connectivity index (χ0v) is 10.4. The fraction of sp³-hybridized carbons (Fsp3) is 0. The normalized spacial score (nSPS) is 10.0. The summed E-state index contributed by atoms with van der Waals surface area (Å²) >= 11 is 0. The number of rotatable bonds is 4. The quantitative estimate of drug-likeness (QED) is 0.576. The topological polar surface area (TPSA) is 116 Å². The summed E-state index contributed by atoms with van der Waals surface area (Å²) in [5.74, 6) is -0.937. The summed E-state index contributed by atoms with van der Waals surface area (Å²) in [7, 11) is 0. The third-order valence-electron chi connectivity index (χ3n) is 2.74. The minimum atomic E-state index is -1.12. The number of aromatic carboxylic acids is 1. The van der Waals surface area contributed by atoms with Crippen LogP contribution in [-0.4, -0.2) is 17.5 Å². The first-order valence-corrected chi connectivity index (χ1v) is 5.66. The van der Waals surface area contributed by atoms with Gasteiger partial charge in [-0.15, -0.1) is 0 Å². The minimum Gasteiger partial charge on any atom is -0.478 e. The van der Waals surface area contributed by atoms with Crippen molar-refractivity contribution >= 4 is 23.8 Å². The lowest BCUT2D eigenvalue weighted by Gasteiger charge is -2.11. The smallest absolute Gasteiger partial charge is 0.336 e. The third-order valence-corrected chi connectivity index (χ3v) is 2.74. The summed E-state index contributed by atoms with van der Waals surface area (Å²) in [6, 6.07) is 9.11. The van der Waals surface area contributed by atoms with Gasteiger partial charge in [0.1, 0.15) is 5.75 Å². The number of anilines is 2. The second-order valence-corrected chi connectivity index (χ2v) is 4.08. The molecule has 2 aromatic carbocycles. The number of benzene rings is 2. The molecule has 0 saturated carbocycles. The highest BCUT2D eigenvalue weighted by Gasteiger charge is 2.16. The molecule has 0 aromatic heterocycles. The Morgan fingerprint density at radius 2 is 1.65 bits per heavy atom. The monoisotopic (exact) mass is 272 g/mol. The maximum absolute atomic E-state index is 11.3. The van der Waals surface area contributed by atoms with E-state index in [0.717, 1.165) is 0 Å². The number of nitrogens with two attached hydrogens (primary N) is 2. The average molecular weight is 272 g/mol. The Labute approximate surface area is 114 Å². The number of carboxylic acids is 1. The zero-order chi connectivity index (χ0) is 14.7. The highest BCUT2D eigenvalue weighted by Crippen LogP contribution is 2.34. The summed E-state index contributed by atoms with van der Waals surface area (Å²) in [4.78, 5) is 21.8. The summed E-state index contributed by atoms with van der Waals surface area (Å²) in [5.41, 5.74) is 12.8. The molecule has 5 N–H and O–H groups in total. The van der Waals surface area contributed by atoms with E-state index in [2.05, 4.69) is 0 Å². The lowest BCUT2D eigenvalue weighted by molar-refractivity contribution is -0.120. The number of carboxylic acid groups (broad SMARTS) is 1. The van der Waals surface area contributed by atoms with Gasteiger partial charge in [-0.3, -0.25) is 4.79 Å². The molecule has 0 bridgehead atoms. The molecule has 0 atom stereocenters. The van der Waals surface area contributed by atoms with Crippen molar-refractivity contribution in [2.45, 2.75) is 0 Å². The average Bonchev–Trinajstić information content (AvgIpc) is 2.40. The van der Waals surface area contributed by atoms with Gasteiger partial charge in [0.15, 0.2) is 0 Å². The van der Waals surface area contributed by atoms with Crippen LogP contribution in [0.2, 0.25) is 0 Å². The van der Waals surface area contributed by atoms with Gasteiger partial charge >= 0.3 is 5.97 Å². The van der Waals surface area contributed by atoms with E-state index in [1.807, 2.05) is 0 Å². The second-order valence-electron chi connectivity index (χ2n) is 4.08. The van der Waals surface area contributed by atoms with Crippen LogP contribution >= 0.6 is 0 Å². The summed E-state index contributed by atoms with van der Waals surface area (Å²) in [6.07, 6.45) is 0. The van der Waals surface area contributed by atoms with Crippen LogP contribution in [0.15, 0.2) is 36.4 Å². The van der Waals surface area contributed by atoms with Crippen molar-refractivity contribution < 1.29 is 19.4 Å². The Morgan fingerprint density at radius 1 is 1.05 bits per heavy atom. The van der Waals surface area contributed by atoms with E-state index in [9.17, 15) is 14.7 Å². The molecule has 0 radical (unpaired) electrons. The van der Waals surface area contributed by atoms with E-state index in [1.54, 1.807) is 24.3 Å². The first-order chi connectivity index (χ1) is 9.52. The van der Waals surface area contributed by atoms with Gasteiger partial charge in [-0.25, -0.2) is 4.79 Å². The molecule has 6 nitrogen and oxygen atoms in total. The van der Waals surface area contributed by atoms with Gasteiger partial charge in [-0.2, -0.15) is 0 Å². The highest BCUT2D eigenvalue weighted by atomic mass is 16.5. The molecule has 102 valence electrons. The Morgan fingerprint density at radius 3 is 2.25 bits per heavy atom. The first-order valence-electron chi connectivity index (χ1n) is 5.66. The van der Waals surface area contributed by atoms with Crippen molar-refractivity contribution in [1.82, 2.24) is 0 Å². The van der Waals surface area contributed by atoms with Crippen LogP contribution in [0.25, 0.3) is 11.1 Å². The molecule has 0 aliphatic heterocycles. The summed E-state index contributed by atoms with van der Waals surface area (Å²) in [6.45, 7) is 0.260. The molecule has 0 saturated heterocycles. The van der Waals surface area contributed by atoms with Crippen LogP contribution < -0.4 is 16.2 Å². The van der Waals surface area contributed by atoms with Crippen LogP contribution in [0.4, 0.5) is 11.4 Å². The fourth-order valence-electron chi connectivity index (χ4n) is 1.88. The van der Waals surface area contributed by atoms with Crippen molar-refractivity contribution in [2.24, 2.45) is 0 Å². The van der Waals surface area contributed by atoms with E-state index in [-0.39, 0.29) is 17.8 Å². The van der Waals surface area contributed by atoms with E-state index in [1.165, 1.54) is 12.1 Å². The maximum atomic E-state index is 11.3. The van der Waals surface area contributed by atoms with Crippen molar-refractivity contribution in [3.05, 3.63) is 42.0 Å². The molecule has 6 heteroatoms. The lowest BCUT2D eigenvalue weighted by Crippen LogP contribution is -2.02. The van der Waals surface area contributed by atoms with Crippen LogP contribution in [0, 0.1) is 0 Å². The molecule has 0 heterocycles. The first kappa shape index (κ1) is 13.4. The largest absolute Gasteiger partial charge is 0.478 e. The van der Waals surface area contributed by atoms with E-state index in [4.69, 9.17) is 16.2 Å². The molecule has 0 amide bonds. The van der Waals surface area contributed by atoms with Crippen LogP contribution in [0.5, 0.6) is 5.75 Å². The number of hydrogen-bond donors (Lipinski definition) is 3. The molecule has 2 rings (SSSR count). The van der Waals surface area contributed by atoms with E-state index >= 15 is 0 Å². The fourth-order valence-corrected chi connectivity index (χ4v) is 1.88. The molecular weight excluding hydrogens is 260 g/mol. The molecule has 0 fully saturated rings. The zero-order valence-electron chi connectivity index (χ0n) is 10.4. The predicted octanol–water partition coefficient (Wildman–Crippen LogP) is 1.75. The van der Waals surface area contributed by atoms with Crippen LogP contribution in [0.1, 0.15) is 10.4 Å². The second kappa shape index (κ2) is 5.31. The standard InChI is InChI=1S/C14H12N2O4/c15-8-1-3-10(12(5-8)14(18)19)11-4-2-9(16)6-13(11)20-7-17/h1-7H,15-16H2,(H,18,19). The lowest BCUT2D eigenvalue weighted by atomic mass is 9.98. The van der Waals surface area contributed by atoms with Gasteiger partial charge in [0.05, 0.1) is 5.56 Å². The summed E-state index contributed by atoms with van der Waals surface area (Å²) < 4.78 is 4.85. The Hall–Kier alpha value is -3.02. The molecule has 20 heavy (non-hydrogen) atoms. The molecule has 2 aromatic rings. The van der Waals surface area contributed by atoms with Crippen LogP contribution in [0.3, 0.4) is 0 Å². The Kier molecular flexibility index (Phi) is 3.56. The number of nitrogen functional groups attached to an aromatic ring is 2. The number of hydrogen-bond acceptors (Lipinski definition) is 5. The molecule has 0 aliphatic rings.